The zero-order chi connectivity index (χ0) is 67.7. The van der Waals surface area contributed by atoms with Gasteiger partial charge in [0.25, 0.3) is 0 Å². The monoisotopic (exact) mass is 1320 g/mol. The molecule has 0 bridgehead atoms. The summed E-state index contributed by atoms with van der Waals surface area (Å²) in [5, 5.41) is 9.61. The van der Waals surface area contributed by atoms with Crippen molar-refractivity contribution in [2.24, 2.45) is 0 Å². The van der Waals surface area contributed by atoms with E-state index in [-0.39, 0.29) is 0 Å². The molecule has 4 aromatic heterocycles. The second-order valence-electron chi connectivity index (χ2n) is 28.4. The Labute approximate surface area is 597 Å². The van der Waals surface area contributed by atoms with Crippen molar-refractivity contribution in [2.45, 2.75) is 10.8 Å². The van der Waals surface area contributed by atoms with Crippen LogP contribution in [0.1, 0.15) is 44.5 Å². The number of benzene rings is 16. The summed E-state index contributed by atoms with van der Waals surface area (Å²) in [6.45, 7) is 0. The van der Waals surface area contributed by atoms with Crippen LogP contribution in [0.5, 0.6) is 23.0 Å². The first-order chi connectivity index (χ1) is 51.6. The second-order valence-corrected chi connectivity index (χ2v) is 28.4. The molecule has 16 aromatic carbocycles. The van der Waals surface area contributed by atoms with Gasteiger partial charge in [-0.1, -0.05) is 237 Å². The molecule has 482 valence electrons. The summed E-state index contributed by atoms with van der Waals surface area (Å²) in [5.74, 6) is 3.38. The fourth-order valence-electron chi connectivity index (χ4n) is 19.8. The van der Waals surface area contributed by atoms with Crippen LogP contribution in [0.25, 0.3) is 143 Å². The zero-order valence-electron chi connectivity index (χ0n) is 56.1. The summed E-state index contributed by atoms with van der Waals surface area (Å²) in [6.07, 6.45) is 0. The Kier molecular flexibility index (Phi) is 11.1. The molecular formula is C98H58N4O2. The third-order valence-corrected chi connectivity index (χ3v) is 23.6. The fraction of sp³-hybridized carbons (Fsp3) is 0.0204. The minimum absolute atomic E-state index is 0.759. The minimum Gasteiger partial charge on any atom is -0.457 e. The van der Waals surface area contributed by atoms with Gasteiger partial charge in [-0.05, 0) is 160 Å². The van der Waals surface area contributed by atoms with Crippen LogP contribution in [0.15, 0.2) is 352 Å². The van der Waals surface area contributed by atoms with Gasteiger partial charge in [0, 0.05) is 99.2 Å². The van der Waals surface area contributed by atoms with Crippen molar-refractivity contribution < 1.29 is 9.47 Å². The van der Waals surface area contributed by atoms with E-state index in [0.29, 0.717) is 0 Å². The maximum Gasteiger partial charge on any atom is 0.140 e. The van der Waals surface area contributed by atoms with Crippen LogP contribution < -0.4 is 9.47 Å². The number of fused-ring (bicyclic) bond motifs is 33. The number of hydrogen-bond donors (Lipinski definition) is 0. The molecule has 2 spiro atoms. The van der Waals surface area contributed by atoms with Gasteiger partial charge in [0.1, 0.15) is 23.0 Å². The Bertz CT molecular complexity index is 7110. The highest BCUT2D eigenvalue weighted by Gasteiger charge is 2.56. The van der Waals surface area contributed by atoms with Crippen LogP contribution in [-0.2, 0) is 10.8 Å². The van der Waals surface area contributed by atoms with E-state index in [1.165, 1.54) is 93.2 Å². The second kappa shape index (κ2) is 20.5. The highest BCUT2D eigenvalue weighted by molar-refractivity contribution is 6.23. The Hall–Kier alpha value is -13.7. The van der Waals surface area contributed by atoms with Gasteiger partial charge in [-0.15, -0.1) is 0 Å². The summed E-state index contributed by atoms with van der Waals surface area (Å²) in [4.78, 5) is 0. The topological polar surface area (TPSA) is 38.2 Å². The predicted octanol–water partition coefficient (Wildman–Crippen LogP) is 24.7. The molecule has 104 heavy (non-hydrogen) atoms. The summed E-state index contributed by atoms with van der Waals surface area (Å²) in [6, 6.07) is 131. The van der Waals surface area contributed by atoms with Gasteiger partial charge in [-0.25, -0.2) is 0 Å². The third kappa shape index (κ3) is 6.99. The van der Waals surface area contributed by atoms with Crippen molar-refractivity contribution in [3.8, 4) is 79.1 Å². The lowest BCUT2D eigenvalue weighted by Gasteiger charge is -2.41. The van der Waals surface area contributed by atoms with Crippen LogP contribution in [0.2, 0.25) is 0 Å². The lowest BCUT2D eigenvalue weighted by Crippen LogP contribution is -2.33. The lowest BCUT2D eigenvalue weighted by molar-refractivity contribution is 0.436. The van der Waals surface area contributed by atoms with Gasteiger partial charge >= 0.3 is 0 Å². The van der Waals surface area contributed by atoms with Gasteiger partial charge in [0.2, 0.25) is 0 Å². The van der Waals surface area contributed by atoms with Gasteiger partial charge in [-0.3, -0.25) is 0 Å². The maximum atomic E-state index is 7.81. The molecular weight excluding hydrogens is 1270 g/mol. The number of ether oxygens (including phenoxy) is 2. The van der Waals surface area contributed by atoms with Crippen LogP contribution in [0.4, 0.5) is 0 Å². The molecule has 0 radical (unpaired) electrons. The summed E-state index contributed by atoms with van der Waals surface area (Å²) >= 11 is 0. The Morgan fingerprint density at radius 2 is 0.673 bits per heavy atom. The third-order valence-electron chi connectivity index (χ3n) is 23.6. The quantitative estimate of drug-likeness (QED) is 0.172. The summed E-state index contributed by atoms with van der Waals surface area (Å²) < 4.78 is 24.8. The minimum atomic E-state index is -0.941. The molecule has 0 saturated heterocycles. The van der Waals surface area contributed by atoms with Gasteiger partial charge < -0.3 is 27.7 Å². The zero-order valence-corrected chi connectivity index (χ0v) is 56.1. The molecule has 6 heterocycles. The molecule has 6 nitrogen and oxygen atoms in total. The SMILES string of the molecule is c1ccc(-n2c3ccccc3c3cc4c(cc32)C2(c3ccccc3Oc3ccccc32)c2ccc3c(c2-4)c2ccc(-c4cccc5c4Oc4ccccc4C54c5c(ccc6c5c5ccccc5n6-c5ccccc5)-c5ccc6c7ccccc7n(-c7ccccc7)c6c54)cc2n3-c2ccccc2)cc1. The summed E-state index contributed by atoms with van der Waals surface area (Å²) in [5.41, 5.74) is 28.2. The Balaban J connectivity index is 0.819. The number of para-hydroxylation sites is 11. The molecule has 6 heteroatoms. The number of rotatable bonds is 5. The highest BCUT2D eigenvalue weighted by Crippen LogP contribution is 2.69. The largest absolute Gasteiger partial charge is 0.457 e. The first-order valence-electron chi connectivity index (χ1n) is 36.0. The average molecular weight is 1320 g/mol. The van der Waals surface area contributed by atoms with Crippen LogP contribution >= 0.6 is 0 Å². The fourth-order valence-corrected chi connectivity index (χ4v) is 19.8. The maximum absolute atomic E-state index is 7.81. The molecule has 1 unspecified atom stereocenters. The normalized spacial score (nSPS) is 14.8. The Morgan fingerprint density at radius 3 is 1.33 bits per heavy atom. The van der Waals surface area contributed by atoms with E-state index in [1.54, 1.807) is 0 Å². The molecule has 24 rings (SSSR count). The Morgan fingerprint density at radius 1 is 0.221 bits per heavy atom. The smallest absolute Gasteiger partial charge is 0.140 e. The first-order valence-corrected chi connectivity index (χ1v) is 36.0. The van der Waals surface area contributed by atoms with E-state index in [0.717, 1.165) is 118 Å². The molecule has 2 aliphatic heterocycles. The van der Waals surface area contributed by atoms with Crippen molar-refractivity contribution in [1.82, 2.24) is 18.3 Å². The molecule has 20 aromatic rings. The number of hydrogen-bond acceptors (Lipinski definition) is 2. The van der Waals surface area contributed by atoms with E-state index in [4.69, 9.17) is 9.47 Å². The summed E-state index contributed by atoms with van der Waals surface area (Å²) in [7, 11) is 0. The molecule has 0 N–H and O–H groups in total. The van der Waals surface area contributed by atoms with Crippen molar-refractivity contribution in [3.05, 3.63) is 396 Å². The molecule has 1 atom stereocenters. The van der Waals surface area contributed by atoms with Crippen molar-refractivity contribution in [3.63, 3.8) is 0 Å². The van der Waals surface area contributed by atoms with Gasteiger partial charge in [0.05, 0.1) is 55.0 Å². The highest BCUT2D eigenvalue weighted by atomic mass is 16.5. The predicted molar refractivity (Wildman–Crippen MR) is 424 cm³/mol. The van der Waals surface area contributed by atoms with Gasteiger partial charge in [0.15, 0.2) is 0 Å². The average Bonchev–Trinajstić information content (AvgIpc) is 1.51. The van der Waals surface area contributed by atoms with Crippen LogP contribution in [-0.4, -0.2) is 18.3 Å². The molecule has 0 fully saturated rings. The number of aromatic nitrogens is 4. The van der Waals surface area contributed by atoms with Crippen LogP contribution in [0, 0.1) is 0 Å². The van der Waals surface area contributed by atoms with Crippen molar-refractivity contribution >= 4 is 87.2 Å². The number of nitrogens with zero attached hydrogens (tertiary/aromatic N) is 4. The van der Waals surface area contributed by atoms with Crippen LogP contribution in [0.3, 0.4) is 0 Å². The molecule has 4 aliphatic rings. The molecule has 0 amide bonds. The van der Waals surface area contributed by atoms with E-state index in [1.807, 2.05) is 0 Å². The molecule has 2 aliphatic carbocycles. The first kappa shape index (κ1) is 56.1. The molecule has 0 saturated carbocycles. The van der Waals surface area contributed by atoms with E-state index in [9.17, 15) is 0 Å². The lowest BCUT2D eigenvalue weighted by atomic mass is 9.64. The van der Waals surface area contributed by atoms with E-state index >= 15 is 0 Å². The van der Waals surface area contributed by atoms with Crippen molar-refractivity contribution in [2.75, 3.05) is 0 Å². The van der Waals surface area contributed by atoms with Crippen molar-refractivity contribution in [1.29, 1.82) is 0 Å². The van der Waals surface area contributed by atoms with E-state index < -0.39 is 10.8 Å². The standard InChI is InChI=1S/C98H58N4O2/c1-5-26-60(27-6-1)99-82-44-21-15-36-70(82)92-84(99)54-52-67-68-50-51-69-65-34-13-20-43-81(65)102(63-32-11-4-12-33-63)95(69)94(68)98(93(67)92)76-40-18-24-47-89(76)104-96-64(37-25-41-78(96)98)59-48-49-71-85(56-59)101(62-30-9-3-10-31-62)83-55-53-77-90(91(71)83)73-57-72-66-35-14-19-42-80(66)100(61-28-7-2-8-29-61)86(72)58-79(73)97(77)74-38-16-22-45-87(74)103-88-46-23-17-39-75(88)97/h1-58H. The van der Waals surface area contributed by atoms with E-state index in [2.05, 4.69) is 370 Å². The van der Waals surface area contributed by atoms with Gasteiger partial charge in [-0.2, -0.15) is 0 Å².